The van der Waals surface area contributed by atoms with Crippen LogP contribution in [0.3, 0.4) is 0 Å². The molecule has 16 rings (SSSR count). The van der Waals surface area contributed by atoms with Gasteiger partial charge >= 0.3 is 0 Å². The minimum Gasteiger partial charge on any atom is -0.203 e. The molecule has 0 aliphatic heterocycles. The minimum absolute atomic E-state index is 0.0138. The van der Waals surface area contributed by atoms with Gasteiger partial charge in [0.25, 0.3) is 0 Å². The van der Waals surface area contributed by atoms with Crippen molar-refractivity contribution in [2.24, 2.45) is 0 Å². The molecule has 16 aromatic rings. The molecule has 0 aliphatic carbocycles. The molecule has 0 radical (unpaired) electrons. The van der Waals surface area contributed by atoms with E-state index in [1.54, 1.807) is 127 Å². The van der Waals surface area contributed by atoms with Gasteiger partial charge in [-0.05, 0) is 99.0 Å². The van der Waals surface area contributed by atoms with Crippen molar-refractivity contribution in [3.63, 3.8) is 0 Å². The molecule has 0 saturated heterocycles. The number of fused-ring (bicyclic) bond motifs is 24. The van der Waals surface area contributed by atoms with Crippen molar-refractivity contribution in [3.05, 3.63) is 180 Å². The van der Waals surface area contributed by atoms with E-state index in [-0.39, 0.29) is 97.0 Å². The Bertz CT molecular complexity index is 4630. The van der Waals surface area contributed by atoms with Crippen LogP contribution in [-0.2, 0) is 0 Å². The van der Waals surface area contributed by atoms with Crippen LogP contribution < -0.4 is 0 Å². The normalized spacial score (nSPS) is 13.0. The summed E-state index contributed by atoms with van der Waals surface area (Å²) in [5, 5.41) is 3.02. The third-order valence-corrected chi connectivity index (χ3v) is 15.4. The van der Waals surface area contributed by atoms with Crippen LogP contribution in [0.1, 0.15) is 0 Å². The first-order valence-corrected chi connectivity index (χ1v) is 22.1. The van der Waals surface area contributed by atoms with Crippen molar-refractivity contribution in [1.82, 2.24) is 0 Å². The van der Waals surface area contributed by atoms with Gasteiger partial charge in [-0.1, -0.05) is 109 Å². The summed E-state index contributed by atoms with van der Waals surface area (Å²) in [4.78, 5) is 0. The Morgan fingerprint density at radius 1 is 0.159 bits per heavy atom. The molecule has 0 heterocycles. The van der Waals surface area contributed by atoms with Crippen LogP contribution in [0.15, 0.2) is 127 Å². The molecule has 324 valence electrons. The third-order valence-electron chi connectivity index (χ3n) is 15.4. The second kappa shape index (κ2) is 12.2. The molecular formula is C60H21F9. The zero-order valence-electron chi connectivity index (χ0n) is 35.0. The van der Waals surface area contributed by atoms with Crippen molar-refractivity contribution >= 4 is 162 Å². The zero-order valence-corrected chi connectivity index (χ0v) is 35.0. The van der Waals surface area contributed by atoms with E-state index in [9.17, 15) is 0 Å². The molecule has 0 spiro atoms. The van der Waals surface area contributed by atoms with Gasteiger partial charge in [0.1, 0.15) is 0 Å². The number of rotatable bonds is 0. The largest absolute Gasteiger partial charge is 0.203 e. The molecule has 16 aromatic carbocycles. The molecular weight excluding hydrogens is 892 g/mol. The lowest BCUT2D eigenvalue weighted by atomic mass is 9.93. The maximum absolute atomic E-state index is 17.5. The molecule has 0 fully saturated rings. The summed E-state index contributed by atoms with van der Waals surface area (Å²) in [6, 6.07) is 36.6. The van der Waals surface area contributed by atoms with E-state index in [0.717, 1.165) is 0 Å². The highest BCUT2D eigenvalue weighted by molar-refractivity contribution is 6.58. The van der Waals surface area contributed by atoms with Crippen LogP contribution in [0.25, 0.3) is 162 Å². The summed E-state index contributed by atoms with van der Waals surface area (Å²) in [6.07, 6.45) is 0. The Hall–Kier alpha value is -8.43. The van der Waals surface area contributed by atoms with Gasteiger partial charge in [-0.25, -0.2) is 39.5 Å². The lowest BCUT2D eigenvalue weighted by Crippen LogP contribution is -1.95. The predicted molar refractivity (Wildman–Crippen MR) is 262 cm³/mol. The maximum atomic E-state index is 17.5. The van der Waals surface area contributed by atoms with Crippen molar-refractivity contribution < 1.29 is 39.5 Å². The Labute approximate surface area is 379 Å². The molecule has 0 aliphatic rings. The summed E-state index contributed by atoms with van der Waals surface area (Å²) < 4.78 is 154. The van der Waals surface area contributed by atoms with E-state index in [1.807, 2.05) is 0 Å². The lowest BCUT2D eigenvalue weighted by Gasteiger charge is -2.12. The number of hydrogen-bond acceptors (Lipinski definition) is 0. The van der Waals surface area contributed by atoms with E-state index >= 15 is 39.5 Å². The van der Waals surface area contributed by atoms with Crippen LogP contribution in [0.5, 0.6) is 0 Å². The van der Waals surface area contributed by atoms with E-state index in [1.165, 1.54) is 0 Å². The average Bonchev–Trinajstić information content (AvgIpc) is 4.01. The standard InChI is InChI=1S/C60H21F9/c61-52-46-34-25(16-13-22-7-1-4-10-28(22)34)19-31-37-43(49(40(31)46)55(64)58(52)67)38-32-20-26-17-14-23-8-2-5-11-29(23)35(26)47-41(32)51(57(66)60(69)53(47)62)45(38)39-33-21-27-18-15-24-9-3-6-12-30(24)36(27)48-42(33)50(44(37)39)56(65)59(68)54(48)63/h1-21H. The fourth-order valence-corrected chi connectivity index (χ4v) is 12.8. The Morgan fingerprint density at radius 3 is 0.652 bits per heavy atom. The number of benzene rings is 13. The Morgan fingerprint density at radius 2 is 0.377 bits per heavy atom. The van der Waals surface area contributed by atoms with Crippen molar-refractivity contribution in [3.8, 4) is 0 Å². The molecule has 0 atom stereocenters. The molecule has 9 heteroatoms. The van der Waals surface area contributed by atoms with Crippen LogP contribution in [0.2, 0.25) is 0 Å². The molecule has 0 unspecified atom stereocenters. The first-order chi connectivity index (χ1) is 33.5. The average molecular weight is 913 g/mol. The Kier molecular flexibility index (Phi) is 6.64. The Balaban J connectivity index is 1.33. The van der Waals surface area contributed by atoms with E-state index in [0.29, 0.717) is 48.5 Å². The second-order valence-corrected chi connectivity index (χ2v) is 18.4. The zero-order chi connectivity index (χ0) is 46.4. The van der Waals surface area contributed by atoms with Crippen molar-refractivity contribution in [2.45, 2.75) is 0 Å². The molecule has 69 heavy (non-hydrogen) atoms. The molecule has 0 N–H and O–H groups in total. The van der Waals surface area contributed by atoms with Gasteiger partial charge in [0.05, 0.1) is 0 Å². The van der Waals surface area contributed by atoms with E-state index in [4.69, 9.17) is 0 Å². The van der Waals surface area contributed by atoms with Crippen LogP contribution in [0.4, 0.5) is 39.5 Å². The first-order valence-electron chi connectivity index (χ1n) is 22.1. The van der Waals surface area contributed by atoms with Gasteiger partial charge in [-0.15, -0.1) is 0 Å². The fraction of sp³-hybridized carbons (Fsp3) is 0. The van der Waals surface area contributed by atoms with Crippen LogP contribution >= 0.6 is 0 Å². The monoisotopic (exact) mass is 912 g/mol. The third kappa shape index (κ3) is 4.10. The summed E-state index contributed by atoms with van der Waals surface area (Å²) in [7, 11) is 0. The van der Waals surface area contributed by atoms with E-state index in [2.05, 4.69) is 0 Å². The van der Waals surface area contributed by atoms with Crippen molar-refractivity contribution in [2.75, 3.05) is 0 Å². The molecule has 0 aromatic heterocycles. The second-order valence-electron chi connectivity index (χ2n) is 18.4. The number of halogens is 9. The van der Waals surface area contributed by atoms with E-state index < -0.39 is 68.5 Å². The van der Waals surface area contributed by atoms with Gasteiger partial charge in [0.2, 0.25) is 0 Å². The van der Waals surface area contributed by atoms with Crippen LogP contribution in [-0.4, -0.2) is 0 Å². The highest BCUT2D eigenvalue weighted by atomic mass is 19.2. The van der Waals surface area contributed by atoms with Crippen LogP contribution in [0, 0.1) is 52.4 Å². The topological polar surface area (TPSA) is 0 Å². The van der Waals surface area contributed by atoms with Gasteiger partial charge in [-0.2, -0.15) is 0 Å². The van der Waals surface area contributed by atoms with Gasteiger partial charge in [0, 0.05) is 80.8 Å². The summed E-state index contributed by atoms with van der Waals surface area (Å²) in [5.41, 5.74) is 0. The summed E-state index contributed by atoms with van der Waals surface area (Å²) >= 11 is 0. The molecule has 0 amide bonds. The fourth-order valence-electron chi connectivity index (χ4n) is 12.8. The predicted octanol–water partition coefficient (Wildman–Crippen LogP) is 18.5. The first kappa shape index (κ1) is 37.6. The lowest BCUT2D eigenvalue weighted by molar-refractivity contribution is 0.459. The number of hydrogen-bond donors (Lipinski definition) is 0. The maximum Gasteiger partial charge on any atom is 0.195 e. The SMILES string of the molecule is Fc1c(F)c2c3c(ccc4ccccc43)cc3c2c(c1F)c1c3c2c3c(F)c(F)c(F)c4c5c(ccc6ccccc65)cc(c43)c2c2c3c(F)c(F)c(F)c4c5c(ccc6ccccc65)cc(c43)c12. The molecule has 0 saturated carbocycles. The quantitative estimate of drug-likeness (QED) is 0.0808. The minimum atomic E-state index is -1.82. The highest BCUT2D eigenvalue weighted by Crippen LogP contribution is 2.60. The molecule has 0 nitrogen and oxygen atoms in total. The van der Waals surface area contributed by atoms with Crippen molar-refractivity contribution in [1.29, 1.82) is 0 Å². The van der Waals surface area contributed by atoms with Gasteiger partial charge < -0.3 is 0 Å². The summed E-state index contributed by atoms with van der Waals surface area (Å²) in [6.45, 7) is 0. The van der Waals surface area contributed by atoms with Gasteiger partial charge in [0.15, 0.2) is 52.4 Å². The molecule has 0 bridgehead atoms. The highest BCUT2D eigenvalue weighted by Gasteiger charge is 2.36. The smallest absolute Gasteiger partial charge is 0.195 e. The summed E-state index contributed by atoms with van der Waals surface area (Å²) in [5.74, 6) is -14.7. The van der Waals surface area contributed by atoms with Gasteiger partial charge in [-0.3, -0.25) is 0 Å².